The lowest BCUT2D eigenvalue weighted by Crippen LogP contribution is -2.21. The van der Waals surface area contributed by atoms with E-state index in [4.69, 9.17) is 0 Å². The number of carbonyl (C=O) groups excluding carboxylic acids is 1. The number of rotatable bonds is 1. The number of tetrazole rings is 1. The van der Waals surface area contributed by atoms with Gasteiger partial charge in [0.25, 0.3) is 5.56 Å². The van der Waals surface area contributed by atoms with Crippen molar-refractivity contribution in [2.45, 2.75) is 0 Å². The van der Waals surface area contributed by atoms with Crippen LogP contribution >= 0.6 is 0 Å². The molecule has 1 aliphatic heterocycles. The topological polar surface area (TPSA) is 106 Å². The molecule has 0 unspecified atom stereocenters. The molecule has 114 valence electrons. The number of aromatic amines is 1. The van der Waals surface area contributed by atoms with E-state index in [9.17, 15) is 9.59 Å². The van der Waals surface area contributed by atoms with Gasteiger partial charge in [-0.25, -0.2) is 4.98 Å². The van der Waals surface area contributed by atoms with Gasteiger partial charge >= 0.3 is 0 Å². The quantitative estimate of drug-likeness (QED) is 0.496. The number of fused-ring (bicyclic) bond motifs is 4. The molecule has 2 aromatic carbocycles. The van der Waals surface area contributed by atoms with E-state index in [1.165, 1.54) is 4.57 Å². The van der Waals surface area contributed by atoms with Crippen LogP contribution in [-0.4, -0.2) is 36.0 Å². The van der Waals surface area contributed by atoms with Crippen molar-refractivity contribution in [3.8, 4) is 17.1 Å². The summed E-state index contributed by atoms with van der Waals surface area (Å²) >= 11 is 0. The van der Waals surface area contributed by atoms with Gasteiger partial charge in [0.2, 0.25) is 11.6 Å². The zero-order chi connectivity index (χ0) is 16.3. The number of H-pyrrole nitrogens is 1. The minimum atomic E-state index is -0.293. The van der Waals surface area contributed by atoms with Crippen molar-refractivity contribution < 1.29 is 4.79 Å². The van der Waals surface area contributed by atoms with E-state index in [2.05, 4.69) is 25.6 Å². The fraction of sp³-hybridized carbons (Fsp3) is 0. The second-order valence-corrected chi connectivity index (χ2v) is 5.39. The normalized spacial score (nSPS) is 12.4. The monoisotopic (exact) mass is 316 g/mol. The second kappa shape index (κ2) is 4.42. The highest BCUT2D eigenvalue weighted by Gasteiger charge is 2.30. The smallest absolute Gasteiger partial charge is 0.266 e. The van der Waals surface area contributed by atoms with Crippen LogP contribution in [0.5, 0.6) is 0 Å². The first-order chi connectivity index (χ1) is 11.7. The van der Waals surface area contributed by atoms with Gasteiger partial charge in [-0.3, -0.25) is 14.2 Å². The van der Waals surface area contributed by atoms with E-state index in [-0.39, 0.29) is 17.2 Å². The Morgan fingerprint density at radius 3 is 2.75 bits per heavy atom. The first-order valence-corrected chi connectivity index (χ1v) is 7.19. The molecule has 0 spiro atoms. The predicted molar refractivity (Wildman–Crippen MR) is 83.9 cm³/mol. The van der Waals surface area contributed by atoms with Gasteiger partial charge in [0.15, 0.2) is 5.82 Å². The lowest BCUT2D eigenvalue weighted by molar-refractivity contribution is 0.103. The van der Waals surface area contributed by atoms with Gasteiger partial charge in [0.1, 0.15) is 0 Å². The lowest BCUT2D eigenvalue weighted by atomic mass is 10.1. The molecule has 0 fully saturated rings. The van der Waals surface area contributed by atoms with Crippen LogP contribution in [0.4, 0.5) is 0 Å². The number of benzene rings is 2. The summed E-state index contributed by atoms with van der Waals surface area (Å²) in [7, 11) is 0. The van der Waals surface area contributed by atoms with Crippen molar-refractivity contribution in [3.05, 3.63) is 64.2 Å². The van der Waals surface area contributed by atoms with Crippen LogP contribution in [-0.2, 0) is 0 Å². The Bertz CT molecular complexity index is 1190. The van der Waals surface area contributed by atoms with E-state index >= 15 is 0 Å². The Morgan fingerprint density at radius 1 is 1.04 bits per heavy atom. The third-order valence-electron chi connectivity index (χ3n) is 4.06. The first kappa shape index (κ1) is 12.8. The molecule has 0 aliphatic carbocycles. The van der Waals surface area contributed by atoms with Crippen molar-refractivity contribution in [1.82, 2.24) is 30.2 Å². The highest BCUT2D eigenvalue weighted by atomic mass is 16.1. The first-order valence-electron chi connectivity index (χ1n) is 7.19. The Kier molecular flexibility index (Phi) is 2.36. The zero-order valence-corrected chi connectivity index (χ0v) is 12.1. The van der Waals surface area contributed by atoms with Crippen LogP contribution in [0.2, 0.25) is 0 Å². The highest BCUT2D eigenvalue weighted by molar-refractivity contribution is 6.13. The van der Waals surface area contributed by atoms with Gasteiger partial charge in [0, 0.05) is 5.56 Å². The maximum atomic E-state index is 12.8. The standard InChI is InChI=1S/C16H8N6O2/c23-13-10-7-8(14-18-20-21-19-14)5-6-12(10)22-15(13)17-11-4-2-1-3-9(11)16(22)24/h1-7H,(H,18,19,20,21). The average molecular weight is 316 g/mol. The largest absolute Gasteiger partial charge is 0.285 e. The summed E-state index contributed by atoms with van der Waals surface area (Å²) in [5, 5.41) is 14.2. The molecule has 8 heteroatoms. The summed E-state index contributed by atoms with van der Waals surface area (Å²) in [5.41, 5.74) is 1.81. The molecule has 0 bridgehead atoms. The molecule has 0 radical (unpaired) electrons. The van der Waals surface area contributed by atoms with Crippen LogP contribution in [0, 0.1) is 0 Å². The number of para-hydroxylation sites is 1. The molecule has 1 N–H and O–H groups in total. The molecular formula is C16H8N6O2. The van der Waals surface area contributed by atoms with Gasteiger partial charge in [-0.05, 0) is 35.5 Å². The molecule has 3 heterocycles. The SMILES string of the molecule is O=C1c2cc(-c3nn[nH]n3)ccc2-n2c1nc1ccccc1c2=O. The zero-order valence-electron chi connectivity index (χ0n) is 12.1. The van der Waals surface area contributed by atoms with Crippen molar-refractivity contribution >= 4 is 16.7 Å². The Labute approximate surface area is 133 Å². The number of nitrogens with zero attached hydrogens (tertiary/aromatic N) is 5. The summed E-state index contributed by atoms with van der Waals surface area (Å²) < 4.78 is 1.36. The molecular weight excluding hydrogens is 308 g/mol. The maximum absolute atomic E-state index is 12.8. The van der Waals surface area contributed by atoms with Gasteiger partial charge in [-0.2, -0.15) is 5.21 Å². The molecule has 24 heavy (non-hydrogen) atoms. The average Bonchev–Trinajstić information content (AvgIpc) is 3.23. The Hall–Kier alpha value is -3.68. The van der Waals surface area contributed by atoms with Gasteiger partial charge in [-0.15, -0.1) is 10.2 Å². The van der Waals surface area contributed by atoms with E-state index < -0.39 is 0 Å². The summed E-state index contributed by atoms with van der Waals surface area (Å²) in [6.07, 6.45) is 0. The number of hydrogen-bond acceptors (Lipinski definition) is 6. The van der Waals surface area contributed by atoms with Crippen molar-refractivity contribution in [1.29, 1.82) is 0 Å². The fourth-order valence-corrected chi connectivity index (χ4v) is 2.97. The minimum Gasteiger partial charge on any atom is -0.285 e. The fourth-order valence-electron chi connectivity index (χ4n) is 2.97. The van der Waals surface area contributed by atoms with Crippen LogP contribution in [0.15, 0.2) is 47.3 Å². The van der Waals surface area contributed by atoms with Crippen molar-refractivity contribution in [2.24, 2.45) is 0 Å². The molecule has 0 atom stereocenters. The Morgan fingerprint density at radius 2 is 1.92 bits per heavy atom. The van der Waals surface area contributed by atoms with Crippen LogP contribution in [0.25, 0.3) is 28.0 Å². The summed E-state index contributed by atoms with van der Waals surface area (Å²) in [4.78, 5) is 29.9. The summed E-state index contributed by atoms with van der Waals surface area (Å²) in [5.74, 6) is 0.212. The van der Waals surface area contributed by atoms with E-state index in [0.29, 0.717) is 33.5 Å². The lowest BCUT2D eigenvalue weighted by Gasteiger charge is -2.05. The van der Waals surface area contributed by atoms with E-state index in [1.54, 1.807) is 42.5 Å². The molecule has 0 amide bonds. The maximum Gasteiger partial charge on any atom is 0.266 e. The molecule has 2 aromatic heterocycles. The van der Waals surface area contributed by atoms with Gasteiger partial charge in [0.05, 0.1) is 22.2 Å². The second-order valence-electron chi connectivity index (χ2n) is 5.39. The molecule has 0 saturated heterocycles. The number of ketones is 1. The van der Waals surface area contributed by atoms with Crippen LogP contribution in [0.3, 0.4) is 0 Å². The molecule has 4 aromatic rings. The van der Waals surface area contributed by atoms with Crippen molar-refractivity contribution in [3.63, 3.8) is 0 Å². The highest BCUT2D eigenvalue weighted by Crippen LogP contribution is 2.29. The number of nitrogens with one attached hydrogen (secondary N) is 1. The number of carbonyl (C=O) groups is 1. The summed E-state index contributed by atoms with van der Waals surface area (Å²) in [6.45, 7) is 0. The molecule has 0 saturated carbocycles. The van der Waals surface area contributed by atoms with Gasteiger partial charge < -0.3 is 0 Å². The third kappa shape index (κ3) is 1.56. The minimum absolute atomic E-state index is 0.124. The van der Waals surface area contributed by atoms with E-state index in [1.807, 2.05) is 0 Å². The van der Waals surface area contributed by atoms with Crippen molar-refractivity contribution in [2.75, 3.05) is 0 Å². The molecule has 1 aliphatic rings. The number of aromatic nitrogens is 6. The predicted octanol–water partition coefficient (Wildman–Crippen LogP) is 1.11. The van der Waals surface area contributed by atoms with Gasteiger partial charge in [-0.1, -0.05) is 12.1 Å². The molecule has 8 nitrogen and oxygen atoms in total. The third-order valence-corrected chi connectivity index (χ3v) is 4.06. The summed E-state index contributed by atoms with van der Waals surface area (Å²) in [6, 6.07) is 12.1. The van der Waals surface area contributed by atoms with E-state index in [0.717, 1.165) is 0 Å². The molecule has 5 rings (SSSR count). The van der Waals surface area contributed by atoms with Crippen LogP contribution < -0.4 is 5.56 Å². The number of hydrogen-bond donors (Lipinski definition) is 1. The Balaban J connectivity index is 1.82. The van der Waals surface area contributed by atoms with Crippen LogP contribution in [0.1, 0.15) is 16.2 Å².